The van der Waals surface area contributed by atoms with Crippen LogP contribution in [0.25, 0.3) is 0 Å². The van der Waals surface area contributed by atoms with Crippen molar-refractivity contribution in [2.24, 2.45) is 0 Å². The lowest BCUT2D eigenvalue weighted by Crippen LogP contribution is -2.30. The summed E-state index contributed by atoms with van der Waals surface area (Å²) in [6.45, 7) is 2.79. The first-order chi connectivity index (χ1) is 9.38. The van der Waals surface area contributed by atoms with E-state index in [0.717, 1.165) is 32.5 Å². The number of ether oxygens (including phenoxy) is 2. The predicted octanol–water partition coefficient (Wildman–Crippen LogP) is 2.85. The molecule has 0 spiro atoms. The summed E-state index contributed by atoms with van der Waals surface area (Å²) in [5, 5.41) is 7.78. The zero-order chi connectivity index (χ0) is 13.3. The van der Waals surface area contributed by atoms with Crippen molar-refractivity contribution < 1.29 is 9.47 Å². The predicted molar refractivity (Wildman–Crippen MR) is 79.9 cm³/mol. The Balaban J connectivity index is 1.47. The van der Waals surface area contributed by atoms with Crippen LogP contribution in [0.2, 0.25) is 0 Å². The average Bonchev–Trinajstić information content (AvgIpc) is 2.96. The highest BCUT2D eigenvalue weighted by Crippen LogP contribution is 2.22. The van der Waals surface area contributed by atoms with Crippen LogP contribution in [0, 0.1) is 0 Å². The lowest BCUT2D eigenvalue weighted by atomic mass is 9.95. The van der Waals surface area contributed by atoms with Gasteiger partial charge in [-0.05, 0) is 61.0 Å². The fourth-order valence-electron chi connectivity index (χ4n) is 2.56. The van der Waals surface area contributed by atoms with E-state index in [1.807, 2.05) is 0 Å². The van der Waals surface area contributed by atoms with E-state index in [4.69, 9.17) is 9.47 Å². The van der Waals surface area contributed by atoms with Gasteiger partial charge in [0.1, 0.15) is 0 Å². The van der Waals surface area contributed by atoms with E-state index in [9.17, 15) is 0 Å². The summed E-state index contributed by atoms with van der Waals surface area (Å²) in [6, 6.07) is 2.19. The summed E-state index contributed by atoms with van der Waals surface area (Å²) in [7, 11) is 1.80. The fourth-order valence-corrected chi connectivity index (χ4v) is 3.26. The molecular weight excluding hydrogens is 258 g/mol. The summed E-state index contributed by atoms with van der Waals surface area (Å²) < 4.78 is 11.3. The number of methoxy groups -OCH3 is 1. The molecule has 1 aliphatic rings. The van der Waals surface area contributed by atoms with E-state index in [2.05, 4.69) is 22.1 Å². The molecule has 2 unspecified atom stereocenters. The first-order valence-corrected chi connectivity index (χ1v) is 8.19. The fraction of sp³-hybridized carbons (Fsp3) is 0.733. The minimum Gasteiger partial charge on any atom is -0.381 e. The number of hydrogen-bond acceptors (Lipinski definition) is 4. The highest BCUT2D eigenvalue weighted by Gasteiger charge is 2.21. The third kappa shape index (κ3) is 5.61. The third-order valence-electron chi connectivity index (χ3n) is 3.71. The molecule has 1 saturated carbocycles. The SMILES string of the molecule is COC1CCCC(OCCNCCc2ccsc2)C1. The summed E-state index contributed by atoms with van der Waals surface area (Å²) in [5.74, 6) is 0. The molecule has 1 heterocycles. The van der Waals surface area contributed by atoms with Gasteiger partial charge in [-0.15, -0.1) is 0 Å². The maximum absolute atomic E-state index is 5.91. The van der Waals surface area contributed by atoms with Gasteiger partial charge >= 0.3 is 0 Å². The molecule has 2 rings (SSSR count). The first kappa shape index (κ1) is 15.0. The molecule has 2 atom stereocenters. The van der Waals surface area contributed by atoms with Crippen LogP contribution in [0.1, 0.15) is 31.2 Å². The van der Waals surface area contributed by atoms with Crippen LogP contribution < -0.4 is 5.32 Å². The number of nitrogens with one attached hydrogen (secondary N) is 1. The molecule has 0 aromatic carbocycles. The quantitative estimate of drug-likeness (QED) is 0.744. The van der Waals surface area contributed by atoms with Gasteiger partial charge in [0.15, 0.2) is 0 Å². The Kier molecular flexibility index (Phi) is 6.85. The average molecular weight is 283 g/mol. The van der Waals surface area contributed by atoms with Crippen molar-refractivity contribution in [1.29, 1.82) is 0 Å². The topological polar surface area (TPSA) is 30.5 Å². The molecule has 0 aliphatic heterocycles. The van der Waals surface area contributed by atoms with E-state index in [1.165, 1.54) is 24.8 Å². The van der Waals surface area contributed by atoms with Crippen molar-refractivity contribution in [2.45, 2.75) is 44.3 Å². The summed E-state index contributed by atoms with van der Waals surface area (Å²) in [5.41, 5.74) is 1.42. The van der Waals surface area contributed by atoms with Crippen LogP contribution in [0.15, 0.2) is 16.8 Å². The molecule has 19 heavy (non-hydrogen) atoms. The van der Waals surface area contributed by atoms with Gasteiger partial charge < -0.3 is 14.8 Å². The van der Waals surface area contributed by atoms with Crippen molar-refractivity contribution >= 4 is 11.3 Å². The zero-order valence-corrected chi connectivity index (χ0v) is 12.6. The van der Waals surface area contributed by atoms with Crippen molar-refractivity contribution in [2.75, 3.05) is 26.8 Å². The molecule has 1 N–H and O–H groups in total. The minimum atomic E-state index is 0.400. The van der Waals surface area contributed by atoms with Crippen LogP contribution in [-0.2, 0) is 15.9 Å². The van der Waals surface area contributed by atoms with E-state index in [-0.39, 0.29) is 0 Å². The summed E-state index contributed by atoms with van der Waals surface area (Å²) in [6.07, 6.45) is 6.59. The van der Waals surface area contributed by atoms with E-state index in [0.29, 0.717) is 12.2 Å². The molecule has 0 amide bonds. The zero-order valence-electron chi connectivity index (χ0n) is 11.8. The van der Waals surface area contributed by atoms with Gasteiger partial charge in [-0.2, -0.15) is 11.3 Å². The Morgan fingerprint density at radius 1 is 1.32 bits per heavy atom. The molecule has 108 valence electrons. The molecular formula is C15H25NO2S. The van der Waals surface area contributed by atoms with Gasteiger partial charge in [-0.1, -0.05) is 0 Å². The second kappa shape index (κ2) is 8.69. The van der Waals surface area contributed by atoms with Crippen molar-refractivity contribution in [3.8, 4) is 0 Å². The van der Waals surface area contributed by atoms with Crippen LogP contribution >= 0.6 is 11.3 Å². The van der Waals surface area contributed by atoms with Gasteiger partial charge in [-0.3, -0.25) is 0 Å². The molecule has 1 aromatic heterocycles. The van der Waals surface area contributed by atoms with Gasteiger partial charge in [0.05, 0.1) is 18.8 Å². The van der Waals surface area contributed by atoms with Crippen LogP contribution in [0.4, 0.5) is 0 Å². The standard InChI is InChI=1S/C15H25NO2S/c1-17-14-3-2-4-15(11-14)18-9-8-16-7-5-13-6-10-19-12-13/h6,10,12,14-16H,2-5,7-9,11H2,1H3. The number of thiophene rings is 1. The lowest BCUT2D eigenvalue weighted by molar-refractivity contribution is -0.0281. The van der Waals surface area contributed by atoms with Crippen LogP contribution in [-0.4, -0.2) is 39.0 Å². The Hall–Kier alpha value is -0.420. The third-order valence-corrected chi connectivity index (χ3v) is 4.45. The van der Waals surface area contributed by atoms with Crippen LogP contribution in [0.5, 0.6) is 0 Å². The van der Waals surface area contributed by atoms with Crippen molar-refractivity contribution in [3.63, 3.8) is 0 Å². The van der Waals surface area contributed by atoms with E-state index >= 15 is 0 Å². The molecule has 4 heteroatoms. The highest BCUT2D eigenvalue weighted by molar-refractivity contribution is 7.07. The first-order valence-electron chi connectivity index (χ1n) is 7.24. The van der Waals surface area contributed by atoms with Gasteiger partial charge in [0, 0.05) is 13.7 Å². The molecule has 0 radical (unpaired) electrons. The monoisotopic (exact) mass is 283 g/mol. The van der Waals surface area contributed by atoms with E-state index in [1.54, 1.807) is 18.4 Å². The van der Waals surface area contributed by atoms with Crippen molar-refractivity contribution in [3.05, 3.63) is 22.4 Å². The minimum absolute atomic E-state index is 0.400. The largest absolute Gasteiger partial charge is 0.381 e. The lowest BCUT2D eigenvalue weighted by Gasteiger charge is -2.28. The Labute approximate surface area is 120 Å². The molecule has 1 aromatic rings. The number of rotatable bonds is 8. The molecule has 1 aliphatic carbocycles. The summed E-state index contributed by atoms with van der Waals surface area (Å²) in [4.78, 5) is 0. The maximum Gasteiger partial charge on any atom is 0.0600 e. The van der Waals surface area contributed by atoms with Crippen molar-refractivity contribution in [1.82, 2.24) is 5.32 Å². The molecule has 1 fully saturated rings. The highest BCUT2D eigenvalue weighted by atomic mass is 32.1. The smallest absolute Gasteiger partial charge is 0.0600 e. The van der Waals surface area contributed by atoms with Gasteiger partial charge in [-0.25, -0.2) is 0 Å². The molecule has 0 saturated heterocycles. The second-order valence-corrected chi connectivity index (χ2v) is 5.93. The summed E-state index contributed by atoms with van der Waals surface area (Å²) >= 11 is 1.76. The van der Waals surface area contributed by atoms with E-state index < -0.39 is 0 Å². The second-order valence-electron chi connectivity index (χ2n) is 5.15. The van der Waals surface area contributed by atoms with Crippen LogP contribution in [0.3, 0.4) is 0 Å². The Bertz CT molecular complexity index is 329. The molecule has 0 bridgehead atoms. The number of hydrogen-bond donors (Lipinski definition) is 1. The maximum atomic E-state index is 5.91. The van der Waals surface area contributed by atoms with Gasteiger partial charge in [0.25, 0.3) is 0 Å². The van der Waals surface area contributed by atoms with Gasteiger partial charge in [0.2, 0.25) is 0 Å². The Morgan fingerprint density at radius 2 is 2.21 bits per heavy atom. The Morgan fingerprint density at radius 3 is 3.00 bits per heavy atom. The normalized spacial score (nSPS) is 23.6. The molecule has 3 nitrogen and oxygen atoms in total.